The van der Waals surface area contributed by atoms with Crippen LogP contribution in [0.1, 0.15) is 27.7 Å². The smallest absolute Gasteiger partial charge is 0.242 e. The Morgan fingerprint density at radius 3 is 2.18 bits per heavy atom. The number of carbonyl (C=O) groups is 2. The number of nitrogens with zero attached hydrogens (tertiary/aromatic N) is 2. The molecule has 0 aliphatic carbocycles. The first kappa shape index (κ1) is 14.0. The monoisotopic (exact) mass is 242 g/mol. The van der Waals surface area contributed by atoms with Crippen molar-refractivity contribution < 1.29 is 14.3 Å². The summed E-state index contributed by atoms with van der Waals surface area (Å²) in [6, 6.07) is 0. The maximum absolute atomic E-state index is 12.0. The molecule has 1 heterocycles. The summed E-state index contributed by atoms with van der Waals surface area (Å²) in [6.07, 6.45) is 0. The summed E-state index contributed by atoms with van der Waals surface area (Å²) in [5, 5.41) is 0. The summed E-state index contributed by atoms with van der Waals surface area (Å²) >= 11 is 0. The summed E-state index contributed by atoms with van der Waals surface area (Å²) in [7, 11) is 0. The van der Waals surface area contributed by atoms with Gasteiger partial charge in [-0.3, -0.25) is 9.59 Å². The molecule has 1 saturated heterocycles. The van der Waals surface area contributed by atoms with Crippen molar-refractivity contribution in [2.75, 3.05) is 32.8 Å². The number of rotatable bonds is 2. The first-order valence-electron chi connectivity index (χ1n) is 5.96. The van der Waals surface area contributed by atoms with Crippen molar-refractivity contribution in [3.05, 3.63) is 0 Å². The van der Waals surface area contributed by atoms with Gasteiger partial charge in [-0.1, -0.05) is 0 Å². The molecule has 5 heteroatoms. The lowest BCUT2D eigenvalue weighted by Gasteiger charge is -2.36. The molecular formula is C12H22N2O3. The molecule has 1 aliphatic rings. The fourth-order valence-electron chi connectivity index (χ4n) is 1.87. The zero-order valence-electron chi connectivity index (χ0n) is 11.2. The van der Waals surface area contributed by atoms with E-state index < -0.39 is 0 Å². The van der Waals surface area contributed by atoms with Crippen molar-refractivity contribution in [2.45, 2.75) is 33.2 Å². The molecule has 2 amide bonds. The lowest BCUT2D eigenvalue weighted by molar-refractivity contribution is -0.145. The second-order valence-electron chi connectivity index (χ2n) is 5.27. The zero-order valence-corrected chi connectivity index (χ0v) is 11.2. The fourth-order valence-corrected chi connectivity index (χ4v) is 1.87. The Morgan fingerprint density at radius 2 is 1.76 bits per heavy atom. The predicted molar refractivity (Wildman–Crippen MR) is 64.5 cm³/mol. The van der Waals surface area contributed by atoms with E-state index in [9.17, 15) is 9.59 Å². The van der Waals surface area contributed by atoms with E-state index >= 15 is 0 Å². The molecule has 0 spiro atoms. The van der Waals surface area contributed by atoms with E-state index in [1.54, 1.807) is 9.80 Å². The molecule has 1 fully saturated rings. The average Bonchev–Trinajstić information content (AvgIpc) is 2.24. The minimum absolute atomic E-state index is 0.00146. The molecule has 0 aromatic heterocycles. The maximum Gasteiger partial charge on any atom is 0.242 e. The molecule has 0 saturated carbocycles. The Hall–Kier alpha value is -1.10. The maximum atomic E-state index is 12.0. The topological polar surface area (TPSA) is 49.9 Å². The van der Waals surface area contributed by atoms with Crippen LogP contribution in [0.3, 0.4) is 0 Å². The van der Waals surface area contributed by atoms with Crippen molar-refractivity contribution in [1.29, 1.82) is 0 Å². The molecule has 0 aromatic carbocycles. The zero-order chi connectivity index (χ0) is 13.1. The average molecular weight is 242 g/mol. The molecule has 0 atom stereocenters. The third kappa shape index (κ3) is 4.00. The molecule has 0 aromatic rings. The number of amides is 2. The molecule has 0 unspecified atom stereocenters. The third-order valence-electron chi connectivity index (χ3n) is 2.85. The second-order valence-corrected chi connectivity index (χ2v) is 5.27. The van der Waals surface area contributed by atoms with Gasteiger partial charge in [-0.15, -0.1) is 0 Å². The second kappa shape index (κ2) is 5.49. The van der Waals surface area contributed by atoms with Gasteiger partial charge in [0.25, 0.3) is 0 Å². The Kier molecular flexibility index (Phi) is 4.51. The van der Waals surface area contributed by atoms with Crippen molar-refractivity contribution in [2.24, 2.45) is 0 Å². The van der Waals surface area contributed by atoms with Gasteiger partial charge in [0.05, 0.1) is 13.2 Å². The van der Waals surface area contributed by atoms with Crippen LogP contribution in [-0.4, -0.2) is 60.0 Å². The lowest BCUT2D eigenvalue weighted by Crippen LogP contribution is -2.52. The van der Waals surface area contributed by atoms with Crippen LogP contribution in [0.15, 0.2) is 0 Å². The highest BCUT2D eigenvalue weighted by molar-refractivity contribution is 5.84. The molecule has 0 bridgehead atoms. The van der Waals surface area contributed by atoms with Gasteiger partial charge in [-0.25, -0.2) is 0 Å². The Balaban J connectivity index is 2.60. The van der Waals surface area contributed by atoms with E-state index in [1.807, 2.05) is 20.8 Å². The van der Waals surface area contributed by atoms with Crippen LogP contribution in [0.25, 0.3) is 0 Å². The molecule has 1 rings (SSSR count). The fraction of sp³-hybridized carbons (Fsp3) is 0.833. The van der Waals surface area contributed by atoms with E-state index in [0.29, 0.717) is 26.3 Å². The highest BCUT2D eigenvalue weighted by Crippen LogP contribution is 2.13. The van der Waals surface area contributed by atoms with E-state index in [4.69, 9.17) is 4.74 Å². The van der Waals surface area contributed by atoms with Crippen LogP contribution in [0.4, 0.5) is 0 Å². The first-order valence-corrected chi connectivity index (χ1v) is 5.96. The van der Waals surface area contributed by atoms with E-state index in [2.05, 4.69) is 0 Å². The molecule has 98 valence electrons. The van der Waals surface area contributed by atoms with Crippen LogP contribution in [0.5, 0.6) is 0 Å². The third-order valence-corrected chi connectivity index (χ3v) is 2.85. The molecule has 17 heavy (non-hydrogen) atoms. The largest absolute Gasteiger partial charge is 0.378 e. The SMILES string of the molecule is CC(=O)N(CC(=O)N1CCOCC1)C(C)(C)C. The van der Waals surface area contributed by atoms with Crippen LogP contribution in [-0.2, 0) is 14.3 Å². The van der Waals surface area contributed by atoms with Crippen molar-refractivity contribution in [3.63, 3.8) is 0 Å². The van der Waals surface area contributed by atoms with Crippen molar-refractivity contribution >= 4 is 11.8 Å². The van der Waals surface area contributed by atoms with Crippen molar-refractivity contribution in [3.8, 4) is 0 Å². The molecular weight excluding hydrogens is 220 g/mol. The number of ether oxygens (including phenoxy) is 1. The highest BCUT2D eigenvalue weighted by Gasteiger charge is 2.28. The summed E-state index contributed by atoms with van der Waals surface area (Å²) in [4.78, 5) is 26.9. The van der Waals surface area contributed by atoms with Crippen LogP contribution < -0.4 is 0 Å². The van der Waals surface area contributed by atoms with Crippen molar-refractivity contribution in [1.82, 2.24) is 9.80 Å². The van der Waals surface area contributed by atoms with Gasteiger partial charge in [0.2, 0.25) is 11.8 Å². The Labute approximate surface area is 103 Å². The molecule has 0 N–H and O–H groups in total. The van der Waals surface area contributed by atoms with E-state index in [1.165, 1.54) is 6.92 Å². The highest BCUT2D eigenvalue weighted by atomic mass is 16.5. The van der Waals surface area contributed by atoms with Gasteiger partial charge in [0.1, 0.15) is 6.54 Å². The molecule has 0 radical (unpaired) electrons. The van der Waals surface area contributed by atoms with Gasteiger partial charge in [-0.05, 0) is 20.8 Å². The summed E-state index contributed by atoms with van der Waals surface area (Å²) in [6.45, 7) is 9.85. The number of hydrogen-bond donors (Lipinski definition) is 0. The lowest BCUT2D eigenvalue weighted by atomic mass is 10.1. The van der Waals surface area contributed by atoms with E-state index in [-0.39, 0.29) is 23.9 Å². The summed E-state index contributed by atoms with van der Waals surface area (Å²) < 4.78 is 5.20. The van der Waals surface area contributed by atoms with Gasteiger partial charge in [0, 0.05) is 25.6 Å². The first-order chi connectivity index (χ1) is 7.82. The Bertz CT molecular complexity index is 291. The quantitative estimate of drug-likeness (QED) is 0.708. The van der Waals surface area contributed by atoms with Gasteiger partial charge in [0.15, 0.2) is 0 Å². The van der Waals surface area contributed by atoms with Crippen LogP contribution >= 0.6 is 0 Å². The minimum atomic E-state index is -0.326. The van der Waals surface area contributed by atoms with Gasteiger partial charge >= 0.3 is 0 Å². The standard InChI is InChI=1S/C12H22N2O3/c1-10(15)14(12(2,3)4)9-11(16)13-5-7-17-8-6-13/h5-9H2,1-4H3. The minimum Gasteiger partial charge on any atom is -0.378 e. The van der Waals surface area contributed by atoms with E-state index in [0.717, 1.165) is 0 Å². The van der Waals surface area contributed by atoms with Gasteiger partial charge < -0.3 is 14.5 Å². The summed E-state index contributed by atoms with van der Waals surface area (Å²) in [5.41, 5.74) is -0.326. The van der Waals surface area contributed by atoms with Crippen LogP contribution in [0.2, 0.25) is 0 Å². The Morgan fingerprint density at radius 1 is 1.24 bits per heavy atom. The summed E-state index contributed by atoms with van der Waals surface area (Å²) in [5.74, 6) is -0.0717. The molecule has 1 aliphatic heterocycles. The van der Waals surface area contributed by atoms with Crippen LogP contribution in [0, 0.1) is 0 Å². The predicted octanol–water partition coefficient (Wildman–Crippen LogP) is 0.492. The molecule has 5 nitrogen and oxygen atoms in total. The van der Waals surface area contributed by atoms with Gasteiger partial charge in [-0.2, -0.15) is 0 Å². The normalized spacial score (nSPS) is 16.8. The number of carbonyl (C=O) groups excluding carboxylic acids is 2. The number of hydrogen-bond acceptors (Lipinski definition) is 3. The number of morpholine rings is 1.